The second kappa shape index (κ2) is 2.98. The maximum absolute atomic E-state index is 12.3. The second-order valence-electron chi connectivity index (χ2n) is 3.45. The van der Waals surface area contributed by atoms with Gasteiger partial charge < -0.3 is 5.32 Å². The molecule has 1 unspecified atom stereocenters. The third kappa shape index (κ3) is 1.50. The third-order valence-corrected chi connectivity index (χ3v) is 2.35. The summed E-state index contributed by atoms with van der Waals surface area (Å²) in [5.41, 5.74) is 2.96. The predicted molar refractivity (Wildman–Crippen MR) is 48.3 cm³/mol. The molecule has 1 heterocycles. The fourth-order valence-corrected chi connectivity index (χ4v) is 1.64. The van der Waals surface area contributed by atoms with Gasteiger partial charge in [0.05, 0.1) is 6.04 Å². The Labute approximate surface area is 75.8 Å². The van der Waals surface area contributed by atoms with E-state index in [2.05, 4.69) is 5.32 Å². The molecule has 1 N–H and O–H groups in total. The number of nitrogens with one attached hydrogen (secondary N) is 1. The first-order valence-electron chi connectivity index (χ1n) is 4.31. The minimum Gasteiger partial charge on any atom is -0.376 e. The summed E-state index contributed by atoms with van der Waals surface area (Å²) >= 11 is 0. The molecule has 13 heavy (non-hydrogen) atoms. The summed E-state index contributed by atoms with van der Waals surface area (Å²) in [4.78, 5) is 0. The van der Waals surface area contributed by atoms with Crippen molar-refractivity contribution in [2.24, 2.45) is 0 Å². The highest BCUT2D eigenvalue weighted by molar-refractivity contribution is 5.58. The molecule has 0 bridgehead atoms. The van der Waals surface area contributed by atoms with Crippen LogP contribution in [0.25, 0.3) is 0 Å². The maximum atomic E-state index is 12.3. The molecule has 0 fully saturated rings. The molecule has 0 aliphatic carbocycles. The zero-order chi connectivity index (χ0) is 9.42. The topological polar surface area (TPSA) is 12.0 Å². The van der Waals surface area contributed by atoms with Gasteiger partial charge in [0.2, 0.25) is 0 Å². The first-order valence-corrected chi connectivity index (χ1v) is 4.31. The highest BCUT2D eigenvalue weighted by atomic mass is 19.3. The Kier molecular flexibility index (Phi) is 1.94. The Balaban J connectivity index is 2.25. The minimum absolute atomic E-state index is 0.438. The minimum atomic E-state index is -2.28. The van der Waals surface area contributed by atoms with Crippen LogP contribution in [0.1, 0.15) is 11.1 Å². The lowest BCUT2D eigenvalue weighted by Crippen LogP contribution is -2.24. The van der Waals surface area contributed by atoms with Crippen molar-refractivity contribution in [3.8, 4) is 0 Å². The van der Waals surface area contributed by atoms with Gasteiger partial charge >= 0.3 is 0 Å². The van der Waals surface area contributed by atoms with E-state index in [9.17, 15) is 8.78 Å². The standard InChI is InChI=1S/C10H11F2N/c1-6-2-3-7-5-9(10(11)12)13-8(7)4-6/h2-4,9-10,13H,5H2,1H3. The van der Waals surface area contributed by atoms with Crippen LogP contribution in [0.15, 0.2) is 18.2 Å². The van der Waals surface area contributed by atoms with Crippen LogP contribution in [0.3, 0.4) is 0 Å². The van der Waals surface area contributed by atoms with Crippen molar-refractivity contribution in [2.75, 3.05) is 5.32 Å². The second-order valence-corrected chi connectivity index (χ2v) is 3.45. The van der Waals surface area contributed by atoms with Crippen molar-refractivity contribution < 1.29 is 8.78 Å². The molecule has 1 aromatic rings. The first kappa shape index (κ1) is 8.48. The number of anilines is 1. The Morgan fingerprint density at radius 2 is 2.23 bits per heavy atom. The van der Waals surface area contributed by atoms with E-state index in [4.69, 9.17) is 0 Å². The molecule has 0 spiro atoms. The summed E-state index contributed by atoms with van der Waals surface area (Å²) in [7, 11) is 0. The lowest BCUT2D eigenvalue weighted by atomic mass is 10.1. The SMILES string of the molecule is Cc1ccc2c(c1)NC(C(F)F)C2. The molecular weight excluding hydrogens is 172 g/mol. The van der Waals surface area contributed by atoms with Gasteiger partial charge in [0.25, 0.3) is 6.43 Å². The molecule has 1 aliphatic rings. The van der Waals surface area contributed by atoms with Crippen LogP contribution in [-0.4, -0.2) is 12.5 Å². The van der Waals surface area contributed by atoms with Gasteiger partial charge in [-0.1, -0.05) is 12.1 Å². The monoisotopic (exact) mass is 183 g/mol. The Bertz CT molecular complexity index is 323. The Hall–Kier alpha value is -1.12. The van der Waals surface area contributed by atoms with Crippen LogP contribution < -0.4 is 5.32 Å². The number of halogens is 2. The molecule has 2 rings (SSSR count). The smallest absolute Gasteiger partial charge is 0.258 e. The Morgan fingerprint density at radius 3 is 2.92 bits per heavy atom. The van der Waals surface area contributed by atoms with Crippen LogP contribution in [0.4, 0.5) is 14.5 Å². The third-order valence-electron chi connectivity index (χ3n) is 2.35. The average molecular weight is 183 g/mol. The summed E-state index contributed by atoms with van der Waals surface area (Å²) in [5.74, 6) is 0. The van der Waals surface area contributed by atoms with E-state index in [1.54, 1.807) is 0 Å². The van der Waals surface area contributed by atoms with Crippen LogP contribution in [-0.2, 0) is 6.42 Å². The van der Waals surface area contributed by atoms with Gasteiger partial charge in [-0.3, -0.25) is 0 Å². The fraction of sp³-hybridized carbons (Fsp3) is 0.400. The van der Waals surface area contributed by atoms with E-state index in [0.717, 1.165) is 16.8 Å². The van der Waals surface area contributed by atoms with Crippen LogP contribution in [0.5, 0.6) is 0 Å². The van der Waals surface area contributed by atoms with Crippen molar-refractivity contribution >= 4 is 5.69 Å². The number of benzene rings is 1. The Morgan fingerprint density at radius 1 is 1.46 bits per heavy atom. The van der Waals surface area contributed by atoms with E-state index in [0.29, 0.717) is 6.42 Å². The lowest BCUT2D eigenvalue weighted by molar-refractivity contribution is 0.126. The lowest BCUT2D eigenvalue weighted by Gasteiger charge is -2.08. The first-order chi connectivity index (χ1) is 6.16. The van der Waals surface area contributed by atoms with Crippen LogP contribution >= 0.6 is 0 Å². The molecule has 0 amide bonds. The van der Waals surface area contributed by atoms with Gasteiger partial charge in [-0.25, -0.2) is 8.78 Å². The van der Waals surface area contributed by atoms with E-state index < -0.39 is 12.5 Å². The number of aryl methyl sites for hydroxylation is 1. The molecular formula is C10H11F2N. The summed E-state index contributed by atoms with van der Waals surface area (Å²) in [6.07, 6.45) is -1.85. The van der Waals surface area contributed by atoms with Crippen LogP contribution in [0, 0.1) is 6.92 Å². The highest BCUT2D eigenvalue weighted by Crippen LogP contribution is 2.28. The van der Waals surface area contributed by atoms with Gasteiger partial charge in [-0.15, -0.1) is 0 Å². The van der Waals surface area contributed by atoms with Gasteiger partial charge in [0.1, 0.15) is 0 Å². The molecule has 3 heteroatoms. The molecule has 0 aromatic heterocycles. The molecule has 1 aliphatic heterocycles. The van der Waals surface area contributed by atoms with E-state index in [-0.39, 0.29) is 0 Å². The normalized spacial score (nSPS) is 20.2. The molecule has 0 saturated carbocycles. The molecule has 70 valence electrons. The molecule has 0 saturated heterocycles. The summed E-state index contributed by atoms with van der Waals surface area (Å²) in [5, 5.41) is 2.82. The van der Waals surface area contributed by atoms with Crippen molar-refractivity contribution in [3.05, 3.63) is 29.3 Å². The average Bonchev–Trinajstić information content (AvgIpc) is 2.46. The molecule has 1 aromatic carbocycles. The zero-order valence-corrected chi connectivity index (χ0v) is 7.35. The van der Waals surface area contributed by atoms with Crippen molar-refractivity contribution in [1.82, 2.24) is 0 Å². The molecule has 1 nitrogen and oxygen atoms in total. The quantitative estimate of drug-likeness (QED) is 0.705. The summed E-state index contributed by atoms with van der Waals surface area (Å²) in [6.45, 7) is 1.96. The number of rotatable bonds is 1. The maximum Gasteiger partial charge on any atom is 0.258 e. The highest BCUT2D eigenvalue weighted by Gasteiger charge is 2.27. The summed E-state index contributed by atoms with van der Waals surface area (Å²) in [6, 6.07) is 5.09. The summed E-state index contributed by atoms with van der Waals surface area (Å²) < 4.78 is 24.7. The van der Waals surface area contributed by atoms with Gasteiger partial charge in [-0.2, -0.15) is 0 Å². The van der Waals surface area contributed by atoms with Gasteiger partial charge in [0, 0.05) is 12.1 Å². The molecule has 0 radical (unpaired) electrons. The number of fused-ring (bicyclic) bond motifs is 1. The largest absolute Gasteiger partial charge is 0.376 e. The van der Waals surface area contributed by atoms with Gasteiger partial charge in [0.15, 0.2) is 0 Å². The van der Waals surface area contributed by atoms with Gasteiger partial charge in [-0.05, 0) is 24.1 Å². The van der Waals surface area contributed by atoms with Crippen molar-refractivity contribution in [2.45, 2.75) is 25.8 Å². The van der Waals surface area contributed by atoms with Crippen LogP contribution in [0.2, 0.25) is 0 Å². The van der Waals surface area contributed by atoms with E-state index >= 15 is 0 Å². The van der Waals surface area contributed by atoms with Crippen molar-refractivity contribution in [3.63, 3.8) is 0 Å². The van der Waals surface area contributed by atoms with E-state index in [1.807, 2.05) is 25.1 Å². The number of hydrogen-bond donors (Lipinski definition) is 1. The zero-order valence-electron chi connectivity index (χ0n) is 7.35. The number of alkyl halides is 2. The fourth-order valence-electron chi connectivity index (χ4n) is 1.64. The molecule has 1 atom stereocenters. The van der Waals surface area contributed by atoms with Crippen molar-refractivity contribution in [1.29, 1.82) is 0 Å². The van der Waals surface area contributed by atoms with E-state index in [1.165, 1.54) is 0 Å². The number of hydrogen-bond acceptors (Lipinski definition) is 1. The predicted octanol–water partition coefficient (Wildman–Crippen LogP) is 2.60.